The molecule has 0 bridgehead atoms. The monoisotopic (exact) mass is 304 g/mol. The summed E-state index contributed by atoms with van der Waals surface area (Å²) in [6.45, 7) is 7.61. The van der Waals surface area contributed by atoms with Gasteiger partial charge in [0.1, 0.15) is 0 Å². The van der Waals surface area contributed by atoms with Crippen LogP contribution < -0.4 is 10.5 Å². The van der Waals surface area contributed by atoms with Crippen molar-refractivity contribution >= 4 is 21.4 Å². The molecule has 0 fully saturated rings. The Bertz CT molecular complexity index is 773. The third-order valence-corrected chi connectivity index (χ3v) is 4.82. The highest BCUT2D eigenvalue weighted by Crippen LogP contribution is 2.26. The SMILES string of the molecule is Cc1cc(C)c(NS(=O)(=O)c2ccc(C)c(N)c2)c(C)c1. The molecule has 0 spiro atoms. The maximum Gasteiger partial charge on any atom is 0.261 e. The summed E-state index contributed by atoms with van der Waals surface area (Å²) in [4.78, 5) is 0.171. The van der Waals surface area contributed by atoms with Gasteiger partial charge in [-0.2, -0.15) is 0 Å². The van der Waals surface area contributed by atoms with Crippen LogP contribution in [0.1, 0.15) is 22.3 Å². The summed E-state index contributed by atoms with van der Waals surface area (Å²) in [5.41, 5.74) is 10.7. The Balaban J connectivity index is 2.44. The van der Waals surface area contributed by atoms with Gasteiger partial charge >= 0.3 is 0 Å². The van der Waals surface area contributed by atoms with Crippen molar-refractivity contribution in [3.05, 3.63) is 52.6 Å². The summed E-state index contributed by atoms with van der Waals surface area (Å²) in [7, 11) is -3.64. The Labute approximate surface area is 126 Å². The Kier molecular flexibility index (Phi) is 3.96. The lowest BCUT2D eigenvalue weighted by molar-refractivity contribution is 0.601. The minimum atomic E-state index is -3.64. The van der Waals surface area contributed by atoms with Crippen LogP contribution in [0.2, 0.25) is 0 Å². The number of aryl methyl sites for hydroxylation is 4. The van der Waals surface area contributed by atoms with Crippen LogP contribution in [0.5, 0.6) is 0 Å². The third kappa shape index (κ3) is 3.19. The summed E-state index contributed by atoms with van der Waals surface area (Å²) in [5.74, 6) is 0. The van der Waals surface area contributed by atoms with Crippen molar-refractivity contribution in [3.63, 3.8) is 0 Å². The summed E-state index contributed by atoms with van der Waals surface area (Å²) in [6, 6.07) is 8.66. The number of nitrogen functional groups attached to an aromatic ring is 1. The van der Waals surface area contributed by atoms with Crippen molar-refractivity contribution in [2.24, 2.45) is 0 Å². The third-order valence-electron chi connectivity index (χ3n) is 3.47. The van der Waals surface area contributed by atoms with Gasteiger partial charge in [-0.05, 0) is 56.5 Å². The van der Waals surface area contributed by atoms with Crippen LogP contribution in [-0.4, -0.2) is 8.42 Å². The molecule has 0 aliphatic heterocycles. The molecule has 0 aliphatic rings. The Hall–Kier alpha value is -2.01. The molecule has 112 valence electrons. The zero-order valence-electron chi connectivity index (χ0n) is 12.7. The number of sulfonamides is 1. The number of nitrogens with two attached hydrogens (primary N) is 1. The maximum absolute atomic E-state index is 12.5. The Morgan fingerprint density at radius 2 is 1.48 bits per heavy atom. The molecule has 5 heteroatoms. The number of nitrogens with one attached hydrogen (secondary N) is 1. The fourth-order valence-electron chi connectivity index (χ4n) is 2.32. The molecule has 0 radical (unpaired) electrons. The standard InChI is InChI=1S/C16H20N2O2S/c1-10-7-12(3)16(13(4)8-10)18-21(19,20)14-6-5-11(2)15(17)9-14/h5-9,18H,17H2,1-4H3. The van der Waals surface area contributed by atoms with Gasteiger partial charge in [0.2, 0.25) is 0 Å². The molecular formula is C16H20N2O2S. The predicted octanol–water partition coefficient (Wildman–Crippen LogP) is 3.30. The first-order valence-electron chi connectivity index (χ1n) is 6.67. The van der Waals surface area contributed by atoms with Gasteiger partial charge in [-0.1, -0.05) is 23.8 Å². The first kappa shape index (κ1) is 15.4. The van der Waals surface area contributed by atoms with E-state index in [4.69, 9.17) is 5.73 Å². The molecule has 0 heterocycles. The van der Waals surface area contributed by atoms with E-state index in [-0.39, 0.29) is 4.90 Å². The van der Waals surface area contributed by atoms with E-state index in [1.54, 1.807) is 12.1 Å². The first-order chi connectivity index (χ1) is 9.70. The second kappa shape index (κ2) is 5.41. The van der Waals surface area contributed by atoms with E-state index in [0.717, 1.165) is 22.3 Å². The van der Waals surface area contributed by atoms with Gasteiger partial charge in [0, 0.05) is 5.69 Å². The quantitative estimate of drug-likeness (QED) is 0.855. The van der Waals surface area contributed by atoms with Crippen LogP contribution >= 0.6 is 0 Å². The molecule has 0 atom stereocenters. The van der Waals surface area contributed by atoms with Gasteiger partial charge in [0.15, 0.2) is 0 Å². The van der Waals surface area contributed by atoms with E-state index in [1.807, 2.05) is 39.8 Å². The molecule has 0 unspecified atom stereocenters. The van der Waals surface area contributed by atoms with Gasteiger partial charge in [-0.3, -0.25) is 4.72 Å². The van der Waals surface area contributed by atoms with Crippen molar-refractivity contribution in [3.8, 4) is 0 Å². The predicted molar refractivity (Wildman–Crippen MR) is 87.1 cm³/mol. The number of anilines is 2. The molecule has 0 amide bonds. The summed E-state index contributed by atoms with van der Waals surface area (Å²) in [6.07, 6.45) is 0. The highest BCUT2D eigenvalue weighted by Gasteiger charge is 2.17. The molecular weight excluding hydrogens is 284 g/mol. The minimum absolute atomic E-state index is 0.171. The van der Waals surface area contributed by atoms with Crippen molar-refractivity contribution < 1.29 is 8.42 Å². The lowest BCUT2D eigenvalue weighted by Crippen LogP contribution is -2.15. The van der Waals surface area contributed by atoms with E-state index in [0.29, 0.717) is 11.4 Å². The van der Waals surface area contributed by atoms with Crippen LogP contribution in [0.3, 0.4) is 0 Å². The lowest BCUT2D eigenvalue weighted by Gasteiger charge is -2.15. The number of hydrogen-bond acceptors (Lipinski definition) is 3. The van der Waals surface area contributed by atoms with Crippen LogP contribution in [0.25, 0.3) is 0 Å². The molecule has 3 N–H and O–H groups in total. The topological polar surface area (TPSA) is 72.2 Å². The smallest absolute Gasteiger partial charge is 0.261 e. The Morgan fingerprint density at radius 1 is 0.905 bits per heavy atom. The van der Waals surface area contributed by atoms with E-state index >= 15 is 0 Å². The molecule has 0 saturated heterocycles. The van der Waals surface area contributed by atoms with E-state index in [2.05, 4.69) is 4.72 Å². The molecule has 21 heavy (non-hydrogen) atoms. The molecule has 0 saturated carbocycles. The Morgan fingerprint density at radius 3 is 2.00 bits per heavy atom. The molecule has 0 aliphatic carbocycles. The van der Waals surface area contributed by atoms with Crippen LogP contribution in [0.15, 0.2) is 35.2 Å². The van der Waals surface area contributed by atoms with Gasteiger partial charge < -0.3 is 5.73 Å². The average Bonchev–Trinajstić information content (AvgIpc) is 2.37. The summed E-state index contributed by atoms with van der Waals surface area (Å²) < 4.78 is 27.6. The van der Waals surface area contributed by atoms with E-state index in [1.165, 1.54) is 6.07 Å². The van der Waals surface area contributed by atoms with E-state index in [9.17, 15) is 8.42 Å². The van der Waals surface area contributed by atoms with Crippen molar-refractivity contribution in [2.45, 2.75) is 32.6 Å². The molecule has 2 rings (SSSR count). The fraction of sp³-hybridized carbons (Fsp3) is 0.250. The lowest BCUT2D eigenvalue weighted by atomic mass is 10.1. The van der Waals surface area contributed by atoms with Gasteiger partial charge in [-0.15, -0.1) is 0 Å². The van der Waals surface area contributed by atoms with Crippen LogP contribution in [-0.2, 0) is 10.0 Å². The maximum atomic E-state index is 12.5. The highest BCUT2D eigenvalue weighted by atomic mass is 32.2. The highest BCUT2D eigenvalue weighted by molar-refractivity contribution is 7.92. The van der Waals surface area contributed by atoms with Crippen molar-refractivity contribution in [1.29, 1.82) is 0 Å². The molecule has 2 aromatic rings. The van der Waals surface area contributed by atoms with Gasteiger partial charge in [-0.25, -0.2) is 8.42 Å². The van der Waals surface area contributed by atoms with Crippen LogP contribution in [0, 0.1) is 27.7 Å². The van der Waals surface area contributed by atoms with Gasteiger partial charge in [0.25, 0.3) is 10.0 Å². The summed E-state index contributed by atoms with van der Waals surface area (Å²) in [5, 5.41) is 0. The number of benzene rings is 2. The number of rotatable bonds is 3. The minimum Gasteiger partial charge on any atom is -0.398 e. The van der Waals surface area contributed by atoms with Gasteiger partial charge in [0.05, 0.1) is 10.6 Å². The molecule has 4 nitrogen and oxygen atoms in total. The molecule has 2 aromatic carbocycles. The van der Waals surface area contributed by atoms with Crippen molar-refractivity contribution in [2.75, 3.05) is 10.5 Å². The molecule has 0 aromatic heterocycles. The van der Waals surface area contributed by atoms with Crippen LogP contribution in [0.4, 0.5) is 11.4 Å². The zero-order chi connectivity index (χ0) is 15.8. The average molecular weight is 304 g/mol. The normalized spacial score (nSPS) is 11.4. The fourth-order valence-corrected chi connectivity index (χ4v) is 3.56. The first-order valence-corrected chi connectivity index (χ1v) is 8.16. The second-order valence-corrected chi connectivity index (χ2v) is 7.08. The number of hydrogen-bond donors (Lipinski definition) is 2. The second-order valence-electron chi connectivity index (χ2n) is 5.40. The van der Waals surface area contributed by atoms with E-state index < -0.39 is 10.0 Å². The summed E-state index contributed by atoms with van der Waals surface area (Å²) >= 11 is 0. The van der Waals surface area contributed by atoms with Crippen molar-refractivity contribution in [1.82, 2.24) is 0 Å². The largest absolute Gasteiger partial charge is 0.398 e. The zero-order valence-corrected chi connectivity index (χ0v) is 13.5.